The molecular weight excluding hydrogens is 837 g/mol. The van der Waals surface area contributed by atoms with Crippen molar-refractivity contribution in [1.82, 2.24) is 9.97 Å². The van der Waals surface area contributed by atoms with Crippen LogP contribution in [0.3, 0.4) is 0 Å². The maximum Gasteiger partial charge on any atom is 0.121 e. The summed E-state index contributed by atoms with van der Waals surface area (Å²) in [5, 5.41) is 2.20. The zero-order valence-corrected chi connectivity index (χ0v) is 32.0. The van der Waals surface area contributed by atoms with Gasteiger partial charge in [-0.3, -0.25) is 0 Å². The van der Waals surface area contributed by atoms with Crippen molar-refractivity contribution in [2.75, 3.05) is 0 Å². The number of aryl methyl sites for hydroxylation is 1. The molecule has 0 N–H and O–H groups in total. The SMILES string of the molecule is [2H]C([2H])([2H])c1c[c-]c(-c2cc[c]([Ge]([CH3])([CH3])[CH3])cn2)cc1-c1ccccc1.[Ir].[c-]1ccc2c(oc3cc(-c4ccccc4)ccc32)c1-c1ccccn1. The first-order valence-corrected chi connectivity index (χ1v) is 23.3. The third kappa shape index (κ3) is 7.53. The van der Waals surface area contributed by atoms with Crippen LogP contribution >= 0.6 is 0 Å². The van der Waals surface area contributed by atoms with Crippen LogP contribution in [0, 0.1) is 19.0 Å². The minimum Gasteiger partial charge on any atom is -0.501 e. The van der Waals surface area contributed by atoms with Gasteiger partial charge in [0.15, 0.2) is 0 Å². The maximum absolute atomic E-state index is 7.84. The number of aromatic nitrogens is 2. The van der Waals surface area contributed by atoms with Crippen LogP contribution in [0.25, 0.3) is 66.7 Å². The average Bonchev–Trinajstić information content (AvgIpc) is 3.53. The van der Waals surface area contributed by atoms with E-state index in [0.717, 1.165) is 55.6 Å². The van der Waals surface area contributed by atoms with E-state index in [4.69, 9.17) is 8.53 Å². The quantitative estimate of drug-likeness (QED) is 0.128. The van der Waals surface area contributed by atoms with E-state index in [-0.39, 0.29) is 20.1 Å². The van der Waals surface area contributed by atoms with E-state index >= 15 is 0 Å². The number of furan rings is 1. The molecule has 3 nitrogen and oxygen atoms in total. The zero-order valence-electron chi connectivity index (χ0n) is 30.5. The molecule has 5 heteroatoms. The average molecular weight is 877 g/mol. The van der Waals surface area contributed by atoms with Gasteiger partial charge in [-0.05, 0) is 29.0 Å². The fraction of sp³-hybridized carbons (Fsp3) is 0.0909. The Hall–Kier alpha value is -4.61. The normalized spacial score (nSPS) is 12.3. The van der Waals surface area contributed by atoms with E-state index in [1.807, 2.05) is 91.1 Å². The predicted molar refractivity (Wildman–Crippen MR) is 203 cm³/mol. The minimum atomic E-state index is -2.18. The molecule has 0 atom stereocenters. The molecule has 243 valence electrons. The summed E-state index contributed by atoms with van der Waals surface area (Å²) in [5.74, 6) is 7.00. The molecule has 0 unspecified atom stereocenters. The van der Waals surface area contributed by atoms with Crippen molar-refractivity contribution >= 4 is 39.6 Å². The van der Waals surface area contributed by atoms with Crippen LogP contribution in [0.1, 0.15) is 9.68 Å². The van der Waals surface area contributed by atoms with Gasteiger partial charge in [0, 0.05) is 31.7 Å². The standard InChI is InChI=1S/C23H14NO.C21H22GeN.Ir/c1-2-7-16(8-3-1)17-12-13-18-19-9-6-10-20(21-11-4-5-14-24-21)23(19)25-22(18)15-17;1-16-10-11-18(14-20(16)17-8-6-5-7-9-17)21-13-12-19(15-23-21)22(2,3)4;/h1-9,11-15H;5-10,12-15H,1-4H3;/q2*-1;/i;1D3;. The number of hydrogen-bond acceptors (Lipinski definition) is 3. The number of rotatable bonds is 5. The molecule has 0 aliphatic heterocycles. The smallest absolute Gasteiger partial charge is 0.121 e. The van der Waals surface area contributed by atoms with Gasteiger partial charge in [0.25, 0.3) is 0 Å². The number of hydrogen-bond donors (Lipinski definition) is 0. The molecule has 0 aliphatic rings. The minimum absolute atomic E-state index is 0. The maximum atomic E-state index is 7.84. The number of fused-ring (bicyclic) bond motifs is 3. The van der Waals surface area contributed by atoms with E-state index in [2.05, 4.69) is 81.8 Å². The Balaban J connectivity index is 0.000000175. The first-order valence-electron chi connectivity index (χ1n) is 17.5. The van der Waals surface area contributed by atoms with Crippen LogP contribution in [-0.4, -0.2) is 23.2 Å². The molecule has 0 bridgehead atoms. The Morgan fingerprint density at radius 3 is 2.10 bits per heavy atom. The molecule has 1 radical (unpaired) electrons. The van der Waals surface area contributed by atoms with Gasteiger partial charge in [-0.25, -0.2) is 0 Å². The molecule has 3 aromatic heterocycles. The summed E-state index contributed by atoms with van der Waals surface area (Å²) in [4.78, 5) is 9.06. The molecule has 0 amide bonds. The molecule has 0 saturated carbocycles. The summed E-state index contributed by atoms with van der Waals surface area (Å²) in [6, 6.07) is 50.2. The fourth-order valence-corrected chi connectivity index (χ4v) is 7.92. The Kier molecular flexibility index (Phi) is 9.25. The van der Waals surface area contributed by atoms with Crippen LogP contribution in [0.15, 0.2) is 150 Å². The van der Waals surface area contributed by atoms with Crippen LogP contribution in [0.2, 0.25) is 17.3 Å². The molecule has 8 rings (SSSR count). The van der Waals surface area contributed by atoms with Gasteiger partial charge in [0.2, 0.25) is 0 Å². The molecule has 49 heavy (non-hydrogen) atoms. The molecule has 0 fully saturated rings. The molecule has 0 aliphatic carbocycles. The van der Waals surface area contributed by atoms with Crippen molar-refractivity contribution < 1.29 is 28.6 Å². The van der Waals surface area contributed by atoms with Crippen LogP contribution < -0.4 is 4.40 Å². The zero-order chi connectivity index (χ0) is 35.6. The van der Waals surface area contributed by atoms with Gasteiger partial charge in [0.1, 0.15) is 5.58 Å². The molecule has 3 heterocycles. The Morgan fingerprint density at radius 2 is 1.43 bits per heavy atom. The van der Waals surface area contributed by atoms with Crippen molar-refractivity contribution in [3.8, 4) is 44.8 Å². The summed E-state index contributed by atoms with van der Waals surface area (Å²) < 4.78 is 31.1. The van der Waals surface area contributed by atoms with Gasteiger partial charge >= 0.3 is 146 Å². The Labute approximate surface area is 309 Å². The largest absolute Gasteiger partial charge is 0.501 e. The summed E-state index contributed by atoms with van der Waals surface area (Å²) in [6.45, 7) is -2.18. The fourth-order valence-electron chi connectivity index (χ4n) is 5.75. The third-order valence-corrected chi connectivity index (χ3v) is 12.7. The van der Waals surface area contributed by atoms with E-state index < -0.39 is 20.1 Å². The van der Waals surface area contributed by atoms with Gasteiger partial charge in [0.05, 0.1) is 5.58 Å². The van der Waals surface area contributed by atoms with E-state index in [1.54, 1.807) is 12.3 Å². The summed E-state index contributed by atoms with van der Waals surface area (Å²) in [5.41, 5.74) is 9.35. The topological polar surface area (TPSA) is 38.9 Å². The summed E-state index contributed by atoms with van der Waals surface area (Å²) >= 11 is -1.91. The van der Waals surface area contributed by atoms with Gasteiger partial charge < -0.3 is 9.40 Å². The van der Waals surface area contributed by atoms with Crippen molar-refractivity contribution in [2.45, 2.75) is 24.1 Å². The van der Waals surface area contributed by atoms with E-state index in [0.29, 0.717) is 11.1 Å². The summed E-state index contributed by atoms with van der Waals surface area (Å²) in [6.07, 6.45) is 3.75. The molecule has 5 aromatic carbocycles. The molecule has 8 aromatic rings. The Bertz CT molecular complexity index is 2430. The number of benzene rings is 5. The van der Waals surface area contributed by atoms with Gasteiger partial charge in [-0.2, -0.15) is 0 Å². The number of nitrogens with zero attached hydrogens (tertiary/aromatic N) is 2. The first-order chi connectivity index (χ1) is 24.6. The molecule has 0 spiro atoms. The van der Waals surface area contributed by atoms with Gasteiger partial charge in [-0.1, -0.05) is 65.5 Å². The Morgan fingerprint density at radius 1 is 0.673 bits per heavy atom. The van der Waals surface area contributed by atoms with Crippen molar-refractivity contribution in [1.29, 1.82) is 0 Å². The summed E-state index contributed by atoms with van der Waals surface area (Å²) in [7, 11) is 0. The monoisotopic (exact) mass is 878 g/mol. The van der Waals surface area contributed by atoms with Crippen molar-refractivity contribution in [2.24, 2.45) is 0 Å². The second-order valence-electron chi connectivity index (χ2n) is 12.7. The molecular formula is C44H36GeIrN2O-2. The van der Waals surface area contributed by atoms with Crippen LogP contribution in [0.4, 0.5) is 0 Å². The van der Waals surface area contributed by atoms with Crippen LogP contribution in [0.5, 0.6) is 0 Å². The van der Waals surface area contributed by atoms with Crippen molar-refractivity contribution in [3.05, 3.63) is 164 Å². The molecule has 0 saturated heterocycles. The van der Waals surface area contributed by atoms with Gasteiger partial charge in [-0.15, -0.1) is 18.2 Å². The second-order valence-corrected chi connectivity index (χ2v) is 23.4. The predicted octanol–water partition coefficient (Wildman–Crippen LogP) is 11.2. The number of pyridine rings is 2. The van der Waals surface area contributed by atoms with Crippen LogP contribution in [-0.2, 0) is 20.1 Å². The second kappa shape index (κ2) is 14.9. The third-order valence-electron chi connectivity index (χ3n) is 8.40. The van der Waals surface area contributed by atoms with Crippen molar-refractivity contribution in [3.63, 3.8) is 0 Å². The van der Waals surface area contributed by atoms with E-state index in [1.165, 1.54) is 9.96 Å². The first kappa shape index (κ1) is 30.5. The van der Waals surface area contributed by atoms with E-state index in [9.17, 15) is 0 Å².